The molecule has 3 aromatic rings. The van der Waals surface area contributed by atoms with Crippen LogP contribution in [-0.2, 0) is 17.3 Å². The van der Waals surface area contributed by atoms with Gasteiger partial charge in [0, 0.05) is 29.3 Å². The molecule has 3 rings (SSSR count). The average molecular weight is 379 g/mol. The maximum atomic E-state index is 12.5. The highest BCUT2D eigenvalue weighted by Gasteiger charge is 2.18. The van der Waals surface area contributed by atoms with E-state index in [4.69, 9.17) is 11.6 Å². The van der Waals surface area contributed by atoms with Crippen LogP contribution in [0.1, 0.15) is 31.5 Å². The molecule has 0 spiro atoms. The Hall–Kier alpha value is -1.99. The second kappa shape index (κ2) is 7.09. The SMILES string of the molecule is CCC(C)S(=O)c1cc2n(Cc3ccc(Cl)nc3)c(C)cc(=O)n2n1. The van der Waals surface area contributed by atoms with Crippen LogP contribution in [0.4, 0.5) is 0 Å². The number of hydrogen-bond acceptors (Lipinski definition) is 4. The lowest BCUT2D eigenvalue weighted by molar-refractivity contribution is 0.664. The van der Waals surface area contributed by atoms with Crippen molar-refractivity contribution in [2.75, 3.05) is 0 Å². The summed E-state index contributed by atoms with van der Waals surface area (Å²) in [5.41, 5.74) is 2.13. The smallest absolute Gasteiger partial charge is 0.274 e. The molecule has 2 atom stereocenters. The molecule has 0 aromatic carbocycles. The third kappa shape index (κ3) is 3.52. The second-order valence-corrected chi connectivity index (χ2v) is 8.17. The van der Waals surface area contributed by atoms with Gasteiger partial charge in [0.15, 0.2) is 5.03 Å². The minimum absolute atomic E-state index is 0.0185. The molecule has 0 bridgehead atoms. The van der Waals surface area contributed by atoms with Gasteiger partial charge in [-0.05, 0) is 25.0 Å². The molecule has 0 aliphatic carbocycles. The van der Waals surface area contributed by atoms with Crippen LogP contribution in [-0.4, -0.2) is 28.6 Å². The average Bonchev–Trinajstić information content (AvgIpc) is 3.04. The normalized spacial score (nSPS) is 13.9. The number of aromatic nitrogens is 4. The summed E-state index contributed by atoms with van der Waals surface area (Å²) in [5.74, 6) is 0. The van der Waals surface area contributed by atoms with Gasteiger partial charge in [-0.2, -0.15) is 9.61 Å². The van der Waals surface area contributed by atoms with Crippen molar-refractivity contribution in [3.05, 3.63) is 57.2 Å². The summed E-state index contributed by atoms with van der Waals surface area (Å²) in [6, 6.07) is 6.88. The largest absolute Gasteiger partial charge is 0.326 e. The first kappa shape index (κ1) is 17.8. The van der Waals surface area contributed by atoms with E-state index in [9.17, 15) is 9.00 Å². The fraction of sp³-hybridized carbons (Fsp3) is 0.353. The molecular weight excluding hydrogens is 360 g/mol. The first-order valence-corrected chi connectivity index (χ1v) is 9.61. The Morgan fingerprint density at radius 3 is 2.72 bits per heavy atom. The van der Waals surface area contributed by atoms with Crippen molar-refractivity contribution >= 4 is 28.0 Å². The van der Waals surface area contributed by atoms with Crippen LogP contribution in [0.5, 0.6) is 0 Å². The van der Waals surface area contributed by atoms with Crippen molar-refractivity contribution < 1.29 is 4.21 Å². The predicted octanol–water partition coefficient (Wildman–Crippen LogP) is 2.81. The van der Waals surface area contributed by atoms with Gasteiger partial charge in [-0.1, -0.05) is 31.5 Å². The van der Waals surface area contributed by atoms with Gasteiger partial charge in [-0.3, -0.25) is 9.00 Å². The van der Waals surface area contributed by atoms with Gasteiger partial charge in [0.05, 0.1) is 17.3 Å². The van der Waals surface area contributed by atoms with E-state index in [1.807, 2.05) is 31.4 Å². The molecule has 132 valence electrons. The van der Waals surface area contributed by atoms with Gasteiger partial charge in [0.1, 0.15) is 10.8 Å². The van der Waals surface area contributed by atoms with E-state index in [1.54, 1.807) is 18.3 Å². The fourth-order valence-electron chi connectivity index (χ4n) is 2.55. The Bertz CT molecular complexity index is 994. The maximum Gasteiger partial charge on any atom is 0.274 e. The van der Waals surface area contributed by atoms with E-state index in [2.05, 4.69) is 10.1 Å². The first-order valence-electron chi connectivity index (χ1n) is 8.02. The molecule has 0 aliphatic rings. The van der Waals surface area contributed by atoms with Crippen LogP contribution in [0.2, 0.25) is 5.15 Å². The van der Waals surface area contributed by atoms with Crippen molar-refractivity contribution in [2.45, 2.75) is 44.0 Å². The topological polar surface area (TPSA) is 69.3 Å². The van der Waals surface area contributed by atoms with Gasteiger partial charge >= 0.3 is 0 Å². The van der Waals surface area contributed by atoms with E-state index >= 15 is 0 Å². The molecule has 3 aromatic heterocycles. The van der Waals surface area contributed by atoms with Gasteiger partial charge in [0.2, 0.25) is 0 Å². The zero-order valence-corrected chi connectivity index (χ0v) is 15.8. The molecule has 0 radical (unpaired) electrons. The molecule has 0 amide bonds. The van der Waals surface area contributed by atoms with Crippen LogP contribution in [0.25, 0.3) is 5.65 Å². The van der Waals surface area contributed by atoms with Crippen LogP contribution in [0.3, 0.4) is 0 Å². The van der Waals surface area contributed by atoms with Crippen LogP contribution < -0.4 is 5.56 Å². The quantitative estimate of drug-likeness (QED) is 0.640. The first-order chi connectivity index (χ1) is 11.9. The van der Waals surface area contributed by atoms with Crippen molar-refractivity contribution in [1.82, 2.24) is 19.2 Å². The number of aryl methyl sites for hydroxylation is 1. The van der Waals surface area contributed by atoms with Crippen molar-refractivity contribution in [3.63, 3.8) is 0 Å². The van der Waals surface area contributed by atoms with Crippen LogP contribution in [0, 0.1) is 6.92 Å². The molecule has 0 saturated carbocycles. The van der Waals surface area contributed by atoms with Crippen molar-refractivity contribution in [3.8, 4) is 0 Å². The number of pyridine rings is 1. The third-order valence-electron chi connectivity index (χ3n) is 4.19. The molecule has 0 N–H and O–H groups in total. The molecule has 0 aliphatic heterocycles. The Kier molecular flexibility index (Phi) is 5.06. The Balaban J connectivity index is 2.11. The lowest BCUT2D eigenvalue weighted by atomic mass is 10.2. The number of rotatable bonds is 5. The van der Waals surface area contributed by atoms with E-state index in [0.29, 0.717) is 22.4 Å². The molecule has 25 heavy (non-hydrogen) atoms. The van der Waals surface area contributed by atoms with Crippen molar-refractivity contribution in [1.29, 1.82) is 0 Å². The Morgan fingerprint density at radius 1 is 1.32 bits per heavy atom. The van der Waals surface area contributed by atoms with Gasteiger partial charge in [-0.25, -0.2) is 4.98 Å². The lowest BCUT2D eigenvalue weighted by Gasteiger charge is -2.12. The molecule has 2 unspecified atom stereocenters. The molecule has 0 fully saturated rings. The molecule has 8 heteroatoms. The van der Waals surface area contributed by atoms with E-state index in [-0.39, 0.29) is 10.8 Å². The van der Waals surface area contributed by atoms with Crippen molar-refractivity contribution in [2.24, 2.45) is 0 Å². The number of fused-ring (bicyclic) bond motifs is 1. The molecular formula is C17H19ClN4O2S. The lowest BCUT2D eigenvalue weighted by Crippen LogP contribution is -2.20. The minimum Gasteiger partial charge on any atom is -0.326 e. The maximum absolute atomic E-state index is 12.5. The van der Waals surface area contributed by atoms with Gasteiger partial charge in [0.25, 0.3) is 5.56 Å². The Labute approximate surface area is 152 Å². The second-order valence-electron chi connectivity index (χ2n) is 5.97. The predicted molar refractivity (Wildman–Crippen MR) is 98.7 cm³/mol. The minimum atomic E-state index is -1.25. The third-order valence-corrected chi connectivity index (χ3v) is 6.09. The van der Waals surface area contributed by atoms with E-state index < -0.39 is 10.8 Å². The van der Waals surface area contributed by atoms with Crippen LogP contribution in [0.15, 0.2) is 40.3 Å². The highest BCUT2D eigenvalue weighted by Crippen LogP contribution is 2.17. The number of halogens is 1. The van der Waals surface area contributed by atoms with Gasteiger partial charge in [-0.15, -0.1) is 0 Å². The molecule has 3 heterocycles. The summed E-state index contributed by atoms with van der Waals surface area (Å²) in [7, 11) is -1.25. The summed E-state index contributed by atoms with van der Waals surface area (Å²) >= 11 is 5.84. The zero-order chi connectivity index (χ0) is 18.1. The zero-order valence-electron chi connectivity index (χ0n) is 14.3. The van der Waals surface area contributed by atoms with Crippen LogP contribution >= 0.6 is 11.6 Å². The standard InChI is InChI=1S/C17H19ClN4O2S/c1-4-12(3)25(24)15-8-16-21(10-13-5-6-14(18)19-9-13)11(2)7-17(23)22(16)20-15/h5-9,12H,4,10H2,1-3H3. The molecule has 6 nitrogen and oxygen atoms in total. The number of hydrogen-bond donors (Lipinski definition) is 0. The summed E-state index contributed by atoms with van der Waals surface area (Å²) < 4.78 is 15.8. The Morgan fingerprint density at radius 2 is 2.08 bits per heavy atom. The summed E-state index contributed by atoms with van der Waals surface area (Å²) in [6.45, 7) is 6.27. The number of nitrogens with zero attached hydrogens (tertiary/aromatic N) is 4. The highest BCUT2D eigenvalue weighted by molar-refractivity contribution is 7.85. The van der Waals surface area contributed by atoms with E-state index in [0.717, 1.165) is 17.7 Å². The summed E-state index contributed by atoms with van der Waals surface area (Å²) in [5, 5.41) is 5.13. The summed E-state index contributed by atoms with van der Waals surface area (Å²) in [6.07, 6.45) is 2.48. The highest BCUT2D eigenvalue weighted by atomic mass is 35.5. The van der Waals surface area contributed by atoms with Gasteiger partial charge < -0.3 is 4.57 Å². The monoisotopic (exact) mass is 378 g/mol. The molecule has 0 saturated heterocycles. The summed E-state index contributed by atoms with van der Waals surface area (Å²) in [4.78, 5) is 16.4. The van der Waals surface area contributed by atoms with E-state index in [1.165, 1.54) is 10.6 Å². The fourth-order valence-corrected chi connectivity index (χ4v) is 3.76.